The van der Waals surface area contributed by atoms with Crippen LogP contribution in [0.25, 0.3) is 11.5 Å². The number of carbonyl (C=O) groups is 2. The predicted octanol–water partition coefficient (Wildman–Crippen LogP) is 2.53. The normalized spacial score (nSPS) is 13.8. The smallest absolute Gasteiger partial charge is 0.277 e. The van der Waals surface area contributed by atoms with Crippen LogP contribution in [0.4, 0.5) is 11.4 Å². The number of carbonyl (C=O) groups excluding carboxylic acids is 2. The van der Waals surface area contributed by atoms with Crippen molar-refractivity contribution in [3.63, 3.8) is 0 Å². The zero-order valence-corrected chi connectivity index (χ0v) is 17.8. The Labute approximate surface area is 183 Å². The number of benzene rings is 1. The first kappa shape index (κ1) is 20.9. The fourth-order valence-electron chi connectivity index (χ4n) is 3.23. The van der Waals surface area contributed by atoms with Crippen LogP contribution >= 0.6 is 11.8 Å². The van der Waals surface area contributed by atoms with Crippen molar-refractivity contribution in [1.82, 2.24) is 20.1 Å². The number of thioether (sulfide) groups is 1. The van der Waals surface area contributed by atoms with Gasteiger partial charge in [-0.1, -0.05) is 11.8 Å². The molecule has 1 N–H and O–H groups in total. The number of aromatic nitrogens is 3. The van der Waals surface area contributed by atoms with Gasteiger partial charge in [0.1, 0.15) is 0 Å². The number of rotatable bonds is 6. The molecule has 31 heavy (non-hydrogen) atoms. The average molecular weight is 439 g/mol. The summed E-state index contributed by atoms with van der Waals surface area (Å²) >= 11 is 1.18. The van der Waals surface area contributed by atoms with E-state index in [4.69, 9.17) is 4.42 Å². The van der Waals surface area contributed by atoms with Gasteiger partial charge in [-0.3, -0.25) is 14.6 Å². The van der Waals surface area contributed by atoms with Gasteiger partial charge in [-0.15, -0.1) is 10.2 Å². The molecule has 9 nitrogen and oxygen atoms in total. The van der Waals surface area contributed by atoms with Crippen molar-refractivity contribution in [1.29, 1.82) is 0 Å². The molecule has 4 rings (SSSR count). The molecule has 0 spiro atoms. The third-order valence-corrected chi connectivity index (χ3v) is 5.70. The molecule has 2 aromatic heterocycles. The minimum Gasteiger partial charge on any atom is -0.411 e. The Morgan fingerprint density at radius 2 is 1.87 bits per heavy atom. The van der Waals surface area contributed by atoms with E-state index in [2.05, 4.69) is 25.4 Å². The summed E-state index contributed by atoms with van der Waals surface area (Å²) < 4.78 is 5.57. The molecule has 3 heterocycles. The Morgan fingerprint density at radius 1 is 1.10 bits per heavy atom. The van der Waals surface area contributed by atoms with Crippen molar-refractivity contribution in [2.75, 3.05) is 42.1 Å². The lowest BCUT2D eigenvalue weighted by molar-refractivity contribution is -0.129. The Hall–Kier alpha value is -3.40. The highest BCUT2D eigenvalue weighted by Crippen LogP contribution is 2.23. The second-order valence-electron chi connectivity index (χ2n) is 6.99. The zero-order valence-electron chi connectivity index (χ0n) is 17.0. The molecular formula is C21H22N6O3S. The van der Waals surface area contributed by atoms with E-state index in [0.717, 1.165) is 43.1 Å². The molecule has 0 bridgehead atoms. The second kappa shape index (κ2) is 9.61. The molecule has 0 saturated carbocycles. The Morgan fingerprint density at radius 3 is 2.55 bits per heavy atom. The van der Waals surface area contributed by atoms with Gasteiger partial charge in [0.05, 0.1) is 11.3 Å². The zero-order chi connectivity index (χ0) is 21.6. The molecule has 10 heteroatoms. The van der Waals surface area contributed by atoms with Crippen LogP contribution in [0.15, 0.2) is 58.4 Å². The third kappa shape index (κ3) is 5.40. The Bertz CT molecular complexity index is 1030. The molecular weight excluding hydrogens is 416 g/mol. The minimum absolute atomic E-state index is 0.115. The lowest BCUT2D eigenvalue weighted by atomic mass is 10.2. The van der Waals surface area contributed by atoms with Crippen molar-refractivity contribution >= 4 is 35.0 Å². The monoisotopic (exact) mass is 438 g/mol. The average Bonchev–Trinajstić information content (AvgIpc) is 3.28. The quantitative estimate of drug-likeness (QED) is 0.586. The van der Waals surface area contributed by atoms with Crippen LogP contribution in [0.2, 0.25) is 0 Å². The summed E-state index contributed by atoms with van der Waals surface area (Å²) in [4.78, 5) is 31.8. The van der Waals surface area contributed by atoms with Gasteiger partial charge in [-0.25, -0.2) is 0 Å². The number of pyridine rings is 1. The van der Waals surface area contributed by atoms with Crippen LogP contribution in [0.5, 0.6) is 0 Å². The van der Waals surface area contributed by atoms with E-state index in [1.165, 1.54) is 11.8 Å². The van der Waals surface area contributed by atoms with E-state index in [9.17, 15) is 9.59 Å². The van der Waals surface area contributed by atoms with E-state index < -0.39 is 0 Å². The molecule has 1 aliphatic heterocycles. The molecule has 1 fully saturated rings. The predicted molar refractivity (Wildman–Crippen MR) is 118 cm³/mol. The molecule has 3 aromatic rings. The number of nitrogens with zero attached hydrogens (tertiary/aromatic N) is 5. The summed E-state index contributed by atoms with van der Waals surface area (Å²) in [5, 5.41) is 11.1. The van der Waals surface area contributed by atoms with Crippen LogP contribution in [0.3, 0.4) is 0 Å². The maximum absolute atomic E-state index is 12.3. The van der Waals surface area contributed by atoms with Crippen molar-refractivity contribution in [3.8, 4) is 11.5 Å². The van der Waals surface area contributed by atoms with Gasteiger partial charge in [0.25, 0.3) is 5.22 Å². The lowest BCUT2D eigenvalue weighted by Crippen LogP contribution is -2.48. The minimum atomic E-state index is -0.158. The van der Waals surface area contributed by atoms with Gasteiger partial charge >= 0.3 is 0 Å². The van der Waals surface area contributed by atoms with Crippen LogP contribution < -0.4 is 10.2 Å². The Kier molecular flexibility index (Phi) is 6.46. The van der Waals surface area contributed by atoms with Crippen molar-refractivity contribution in [2.24, 2.45) is 0 Å². The first-order chi connectivity index (χ1) is 15.1. The maximum Gasteiger partial charge on any atom is 0.277 e. The van der Waals surface area contributed by atoms with E-state index in [1.54, 1.807) is 25.4 Å². The van der Waals surface area contributed by atoms with E-state index in [1.807, 2.05) is 35.2 Å². The number of piperazine rings is 1. The van der Waals surface area contributed by atoms with Crippen LogP contribution in [0, 0.1) is 0 Å². The summed E-state index contributed by atoms with van der Waals surface area (Å²) in [5.41, 5.74) is 2.52. The van der Waals surface area contributed by atoms with E-state index in [-0.39, 0.29) is 17.6 Å². The van der Waals surface area contributed by atoms with Gasteiger partial charge in [-0.2, -0.15) is 0 Å². The highest BCUT2D eigenvalue weighted by atomic mass is 32.2. The highest BCUT2D eigenvalue weighted by Gasteiger charge is 2.18. The highest BCUT2D eigenvalue weighted by molar-refractivity contribution is 7.99. The summed E-state index contributed by atoms with van der Waals surface area (Å²) in [6.07, 6.45) is 3.31. The largest absolute Gasteiger partial charge is 0.411 e. The summed E-state index contributed by atoms with van der Waals surface area (Å²) in [6.45, 7) is 4.65. The molecule has 0 aliphatic carbocycles. The lowest BCUT2D eigenvalue weighted by Gasteiger charge is -2.35. The van der Waals surface area contributed by atoms with Crippen molar-refractivity contribution < 1.29 is 14.0 Å². The van der Waals surface area contributed by atoms with Crippen LogP contribution in [0.1, 0.15) is 6.92 Å². The number of hydrogen-bond donors (Lipinski definition) is 1. The van der Waals surface area contributed by atoms with Crippen molar-refractivity contribution in [2.45, 2.75) is 12.1 Å². The first-order valence-electron chi connectivity index (χ1n) is 9.85. The SMILES string of the molecule is CC(=O)N1CCN(c2ccc(NC(=O)CSc3nnc(-c4cccnc4)o3)cc2)CC1. The van der Waals surface area contributed by atoms with Gasteiger partial charge in [0, 0.05) is 56.9 Å². The number of hydrogen-bond acceptors (Lipinski definition) is 8. The van der Waals surface area contributed by atoms with Crippen LogP contribution in [-0.2, 0) is 9.59 Å². The fraction of sp³-hybridized carbons (Fsp3) is 0.286. The second-order valence-corrected chi connectivity index (χ2v) is 7.92. The fourth-order valence-corrected chi connectivity index (χ4v) is 3.80. The summed E-state index contributed by atoms with van der Waals surface area (Å²) in [6, 6.07) is 11.3. The molecule has 1 aliphatic rings. The topological polar surface area (TPSA) is 104 Å². The number of anilines is 2. The van der Waals surface area contributed by atoms with Gasteiger partial charge in [0.15, 0.2) is 0 Å². The van der Waals surface area contributed by atoms with Crippen molar-refractivity contribution in [3.05, 3.63) is 48.8 Å². The molecule has 1 saturated heterocycles. The molecule has 160 valence electrons. The molecule has 0 unspecified atom stereocenters. The van der Waals surface area contributed by atoms with Crippen LogP contribution in [-0.4, -0.2) is 63.8 Å². The first-order valence-corrected chi connectivity index (χ1v) is 10.8. The molecule has 0 atom stereocenters. The van der Waals surface area contributed by atoms with E-state index >= 15 is 0 Å². The standard InChI is InChI=1S/C21H22N6O3S/c1-15(28)26-9-11-27(12-10-26)18-6-4-17(5-7-18)23-19(29)14-31-21-25-24-20(30-21)16-3-2-8-22-13-16/h2-8,13H,9-12,14H2,1H3,(H,23,29). The van der Waals surface area contributed by atoms with Gasteiger partial charge in [-0.05, 0) is 36.4 Å². The maximum atomic E-state index is 12.3. The number of amides is 2. The summed E-state index contributed by atoms with van der Waals surface area (Å²) in [5.74, 6) is 0.484. The number of nitrogens with one attached hydrogen (secondary N) is 1. The third-order valence-electron chi connectivity index (χ3n) is 4.88. The molecule has 2 amide bonds. The van der Waals surface area contributed by atoms with Gasteiger partial charge in [0.2, 0.25) is 17.7 Å². The molecule has 1 aromatic carbocycles. The summed E-state index contributed by atoms with van der Waals surface area (Å²) in [7, 11) is 0. The van der Waals surface area contributed by atoms with Gasteiger partial charge < -0.3 is 19.5 Å². The molecule has 0 radical (unpaired) electrons. The van der Waals surface area contributed by atoms with E-state index in [0.29, 0.717) is 11.1 Å². The Balaban J connectivity index is 1.26.